The molecule has 2 aromatic heterocycles. The molecule has 4 N–H and O–H groups in total. The number of aromatic amines is 1. The van der Waals surface area contributed by atoms with E-state index in [9.17, 15) is 19.2 Å². The maximum Gasteiger partial charge on any atom is 0.408 e. The van der Waals surface area contributed by atoms with Gasteiger partial charge in [-0.15, -0.1) is 0 Å². The zero-order chi connectivity index (χ0) is 34.6. The predicted molar refractivity (Wildman–Crippen MR) is 185 cm³/mol. The van der Waals surface area contributed by atoms with Crippen molar-refractivity contribution in [2.75, 3.05) is 6.54 Å². The maximum atomic E-state index is 13.7. The number of hydrogen-bond donors (Lipinski definition) is 4. The Morgan fingerprint density at radius 1 is 0.837 bits per heavy atom. The Balaban J connectivity index is 1.23. The zero-order valence-corrected chi connectivity index (χ0v) is 27.6. The number of carbonyl (C=O) groups is 4. The van der Waals surface area contributed by atoms with E-state index < -0.39 is 35.8 Å². The van der Waals surface area contributed by atoms with E-state index in [-0.39, 0.29) is 30.5 Å². The molecule has 0 spiro atoms. The number of rotatable bonds is 16. The Morgan fingerprint density at radius 3 is 2.27 bits per heavy atom. The molecular formula is C38H41N5O6. The van der Waals surface area contributed by atoms with Gasteiger partial charge in [-0.25, -0.2) is 9.78 Å². The lowest BCUT2D eigenvalue weighted by Gasteiger charge is -2.23. The van der Waals surface area contributed by atoms with Crippen LogP contribution in [-0.4, -0.2) is 52.3 Å². The van der Waals surface area contributed by atoms with Gasteiger partial charge in [-0.05, 0) is 54.4 Å². The summed E-state index contributed by atoms with van der Waals surface area (Å²) in [5, 5.41) is 9.38. The van der Waals surface area contributed by atoms with Crippen LogP contribution in [0.2, 0.25) is 0 Å². The summed E-state index contributed by atoms with van der Waals surface area (Å²) in [5.74, 6) is -1.86. The minimum absolute atomic E-state index is 0.0454. The number of oxazole rings is 1. The maximum absolute atomic E-state index is 13.7. The first-order valence-corrected chi connectivity index (χ1v) is 16.4. The van der Waals surface area contributed by atoms with E-state index in [0.717, 1.165) is 33.9 Å². The second-order valence-corrected chi connectivity index (χ2v) is 12.2. The number of carbonyl (C=O) groups excluding carboxylic acids is 4. The summed E-state index contributed by atoms with van der Waals surface area (Å²) in [6, 6.07) is 24.7. The number of fused-ring (bicyclic) bond motifs is 1. The highest BCUT2D eigenvalue weighted by atomic mass is 16.5. The first-order chi connectivity index (χ1) is 23.8. The number of benzene rings is 3. The number of alkyl carbamates (subject to hydrolysis) is 1. The molecule has 5 aromatic rings. The Bertz CT molecular complexity index is 1850. The van der Waals surface area contributed by atoms with Gasteiger partial charge in [-0.2, -0.15) is 0 Å². The summed E-state index contributed by atoms with van der Waals surface area (Å²) in [5.41, 5.74) is 3.82. The van der Waals surface area contributed by atoms with Crippen LogP contribution >= 0.6 is 0 Å². The van der Waals surface area contributed by atoms with Crippen molar-refractivity contribution >= 4 is 34.6 Å². The predicted octanol–water partition coefficient (Wildman–Crippen LogP) is 5.77. The Hall–Kier alpha value is -5.71. The average molecular weight is 664 g/mol. The summed E-state index contributed by atoms with van der Waals surface area (Å²) in [7, 11) is 0. The van der Waals surface area contributed by atoms with Crippen molar-refractivity contribution in [3.8, 4) is 0 Å². The molecule has 0 bridgehead atoms. The fraction of sp³-hybridized carbons (Fsp3) is 0.289. The highest BCUT2D eigenvalue weighted by molar-refractivity contribution is 6.01. The molecule has 0 fully saturated rings. The van der Waals surface area contributed by atoms with Gasteiger partial charge in [0.15, 0.2) is 5.69 Å². The van der Waals surface area contributed by atoms with Crippen molar-refractivity contribution < 1.29 is 28.3 Å². The topological polar surface area (TPSA) is 155 Å². The fourth-order valence-electron chi connectivity index (χ4n) is 5.49. The average Bonchev–Trinajstić information content (AvgIpc) is 3.77. The second kappa shape index (κ2) is 16.9. The van der Waals surface area contributed by atoms with Gasteiger partial charge < -0.3 is 30.1 Å². The van der Waals surface area contributed by atoms with Gasteiger partial charge in [-0.3, -0.25) is 14.4 Å². The molecule has 2 unspecified atom stereocenters. The number of nitrogens with zero attached hydrogens (tertiary/aromatic N) is 1. The van der Waals surface area contributed by atoms with Gasteiger partial charge in [0.05, 0.1) is 6.04 Å². The Labute approximate surface area is 284 Å². The van der Waals surface area contributed by atoms with Crippen molar-refractivity contribution in [3.05, 3.63) is 126 Å². The molecule has 0 saturated carbocycles. The van der Waals surface area contributed by atoms with Crippen LogP contribution in [0.4, 0.5) is 4.79 Å². The van der Waals surface area contributed by atoms with Gasteiger partial charge in [0.25, 0.3) is 11.8 Å². The molecule has 0 aliphatic rings. The zero-order valence-electron chi connectivity index (χ0n) is 27.6. The molecule has 3 aromatic carbocycles. The van der Waals surface area contributed by atoms with Crippen LogP contribution in [0, 0.1) is 5.92 Å². The standard InChI is InChI=1S/C38H41N5O6/c1-25(2)21-32(43-38(47)49-23-27-13-7-4-8-14-27)36(46)41-31(18-17-26-11-5-3-6-12-26)34(44)37-42-33(24-48-37)35(45)39-20-19-28-22-40-30-16-10-9-15-29(28)30/h3-16,22,24-25,31-32,40H,17-21,23H2,1-2H3,(H,39,45)(H,41,46)(H,43,47). The minimum atomic E-state index is -1.04. The number of ether oxygens (including phenoxy) is 1. The number of Topliss-reactive ketones (excluding diaryl/α,β-unsaturated/α-hetero) is 1. The first-order valence-electron chi connectivity index (χ1n) is 16.4. The van der Waals surface area contributed by atoms with Crippen molar-refractivity contribution in [1.82, 2.24) is 25.9 Å². The SMILES string of the molecule is CC(C)CC(NC(=O)OCc1ccccc1)C(=O)NC(CCc1ccccc1)C(=O)c1nc(C(=O)NCCc2c[nH]c3ccccc23)co1. The van der Waals surface area contributed by atoms with Crippen molar-refractivity contribution in [2.24, 2.45) is 5.92 Å². The normalized spacial score (nSPS) is 12.3. The van der Waals surface area contributed by atoms with Crippen molar-refractivity contribution in [3.63, 3.8) is 0 Å². The van der Waals surface area contributed by atoms with Crippen LogP contribution in [0.15, 0.2) is 102 Å². The first kappa shape index (κ1) is 34.6. The van der Waals surface area contributed by atoms with Crippen LogP contribution in [0.3, 0.4) is 0 Å². The Kier molecular flexibility index (Phi) is 11.9. The fourth-order valence-corrected chi connectivity index (χ4v) is 5.49. The monoisotopic (exact) mass is 663 g/mol. The van der Waals surface area contributed by atoms with E-state index in [1.807, 2.05) is 105 Å². The summed E-state index contributed by atoms with van der Waals surface area (Å²) in [4.78, 5) is 60.3. The summed E-state index contributed by atoms with van der Waals surface area (Å²) in [6.07, 6.45) is 3.92. The third-order valence-corrected chi connectivity index (χ3v) is 8.03. The second-order valence-electron chi connectivity index (χ2n) is 12.2. The minimum Gasteiger partial charge on any atom is -0.445 e. The van der Waals surface area contributed by atoms with Gasteiger partial charge in [0.1, 0.15) is 18.9 Å². The molecule has 0 aliphatic carbocycles. The number of hydrogen-bond acceptors (Lipinski definition) is 7. The molecule has 5 rings (SSSR count). The largest absolute Gasteiger partial charge is 0.445 e. The summed E-state index contributed by atoms with van der Waals surface area (Å²) in [6.45, 7) is 4.25. The molecule has 2 atom stereocenters. The lowest BCUT2D eigenvalue weighted by molar-refractivity contribution is -0.124. The third-order valence-electron chi connectivity index (χ3n) is 8.03. The summed E-state index contributed by atoms with van der Waals surface area (Å²) >= 11 is 0. The van der Waals surface area contributed by atoms with Crippen LogP contribution in [0.1, 0.15) is 64.6 Å². The van der Waals surface area contributed by atoms with Crippen LogP contribution in [-0.2, 0) is 29.0 Å². The van der Waals surface area contributed by atoms with Gasteiger partial charge in [0.2, 0.25) is 11.7 Å². The molecular weight excluding hydrogens is 622 g/mol. The quantitative estimate of drug-likeness (QED) is 0.0977. The van der Waals surface area contributed by atoms with Crippen LogP contribution in [0.25, 0.3) is 10.9 Å². The van der Waals surface area contributed by atoms with Gasteiger partial charge >= 0.3 is 6.09 Å². The smallest absolute Gasteiger partial charge is 0.408 e. The van der Waals surface area contributed by atoms with Gasteiger partial charge in [0, 0.05) is 23.6 Å². The highest BCUT2D eigenvalue weighted by Gasteiger charge is 2.31. The Morgan fingerprint density at radius 2 is 1.53 bits per heavy atom. The molecule has 3 amide bonds. The molecule has 0 saturated heterocycles. The van der Waals surface area contributed by atoms with E-state index in [4.69, 9.17) is 9.15 Å². The summed E-state index contributed by atoms with van der Waals surface area (Å²) < 4.78 is 10.8. The number of para-hydroxylation sites is 1. The van der Waals surface area contributed by atoms with Crippen LogP contribution in [0.5, 0.6) is 0 Å². The number of ketones is 1. The van der Waals surface area contributed by atoms with Crippen LogP contribution < -0.4 is 16.0 Å². The van der Waals surface area contributed by atoms with E-state index in [1.165, 1.54) is 0 Å². The molecule has 11 nitrogen and oxygen atoms in total. The molecule has 49 heavy (non-hydrogen) atoms. The third kappa shape index (κ3) is 9.90. The van der Waals surface area contributed by atoms with Crippen molar-refractivity contribution in [2.45, 2.75) is 58.2 Å². The highest BCUT2D eigenvalue weighted by Crippen LogP contribution is 2.18. The molecule has 2 heterocycles. The number of aromatic nitrogens is 2. The molecule has 11 heteroatoms. The molecule has 254 valence electrons. The van der Waals surface area contributed by atoms with E-state index in [1.54, 1.807) is 0 Å². The molecule has 0 radical (unpaired) electrons. The van der Waals surface area contributed by atoms with E-state index in [0.29, 0.717) is 25.8 Å². The number of nitrogens with one attached hydrogen (secondary N) is 4. The molecule has 0 aliphatic heterocycles. The lowest BCUT2D eigenvalue weighted by atomic mass is 9.99. The van der Waals surface area contributed by atoms with Gasteiger partial charge in [-0.1, -0.05) is 92.7 Å². The van der Waals surface area contributed by atoms with E-state index >= 15 is 0 Å². The lowest BCUT2D eigenvalue weighted by Crippen LogP contribution is -2.52. The van der Waals surface area contributed by atoms with Crippen molar-refractivity contribution in [1.29, 1.82) is 0 Å². The number of aryl methyl sites for hydroxylation is 1. The number of amides is 3. The number of H-pyrrole nitrogens is 1. The van der Waals surface area contributed by atoms with E-state index in [2.05, 4.69) is 25.9 Å².